The number of rotatable bonds is 4. The molecule has 0 radical (unpaired) electrons. The lowest BCUT2D eigenvalue weighted by Crippen LogP contribution is -2.29. The molecule has 1 aliphatic rings. The summed E-state index contributed by atoms with van der Waals surface area (Å²) in [6, 6.07) is 7.48. The zero-order valence-corrected chi connectivity index (χ0v) is 10.6. The molecular weight excluding hydrogens is 244 g/mol. The normalized spacial score (nSPS) is 13.7. The van der Waals surface area contributed by atoms with Crippen molar-refractivity contribution < 1.29 is 14.3 Å². The zero-order valence-electron chi connectivity index (χ0n) is 10.6. The monoisotopic (exact) mass is 260 g/mol. The van der Waals surface area contributed by atoms with Crippen molar-refractivity contribution in [2.45, 2.75) is 0 Å². The highest BCUT2D eigenvalue weighted by atomic mass is 16.6. The van der Waals surface area contributed by atoms with Crippen molar-refractivity contribution in [1.82, 2.24) is 4.90 Å². The number of hydrogen-bond donors (Lipinski definition) is 1. The summed E-state index contributed by atoms with van der Waals surface area (Å²) in [5.41, 5.74) is 6.19. The summed E-state index contributed by atoms with van der Waals surface area (Å²) in [5, 5.41) is 0. The van der Waals surface area contributed by atoms with Gasteiger partial charge in [-0.25, -0.2) is 4.79 Å². The molecule has 5 nitrogen and oxygen atoms in total. The van der Waals surface area contributed by atoms with Gasteiger partial charge < -0.3 is 20.1 Å². The minimum Gasteiger partial charge on any atom is -0.492 e. The van der Waals surface area contributed by atoms with Gasteiger partial charge in [0.05, 0.1) is 19.6 Å². The number of amides is 1. The molecule has 5 heteroatoms. The van der Waals surface area contributed by atoms with E-state index < -0.39 is 0 Å². The summed E-state index contributed by atoms with van der Waals surface area (Å²) in [5.74, 6) is 6.47. The van der Waals surface area contributed by atoms with Crippen LogP contribution in [0.15, 0.2) is 24.3 Å². The van der Waals surface area contributed by atoms with E-state index in [4.69, 9.17) is 15.2 Å². The Bertz CT molecular complexity index is 505. The molecule has 1 fully saturated rings. The number of nitrogens with zero attached hydrogens (tertiary/aromatic N) is 1. The second kappa shape index (κ2) is 6.66. The summed E-state index contributed by atoms with van der Waals surface area (Å²) < 4.78 is 10.4. The first kappa shape index (κ1) is 13.2. The molecule has 0 atom stereocenters. The molecule has 1 heterocycles. The van der Waals surface area contributed by atoms with Crippen molar-refractivity contribution in [3.63, 3.8) is 0 Å². The highest BCUT2D eigenvalue weighted by Crippen LogP contribution is 2.13. The molecule has 1 aliphatic heterocycles. The Kier molecular flexibility index (Phi) is 4.65. The molecule has 1 saturated heterocycles. The maximum absolute atomic E-state index is 11.2. The minimum absolute atomic E-state index is 0.272. The van der Waals surface area contributed by atoms with E-state index in [9.17, 15) is 4.79 Å². The van der Waals surface area contributed by atoms with Crippen molar-refractivity contribution in [2.75, 3.05) is 32.8 Å². The molecule has 100 valence electrons. The smallest absolute Gasteiger partial charge is 0.410 e. The second-order valence-corrected chi connectivity index (χ2v) is 3.98. The van der Waals surface area contributed by atoms with E-state index in [1.165, 1.54) is 0 Å². The Morgan fingerprint density at radius 3 is 3.11 bits per heavy atom. The lowest BCUT2D eigenvalue weighted by Gasteiger charge is -2.13. The first-order valence-corrected chi connectivity index (χ1v) is 6.13. The number of benzene rings is 1. The van der Waals surface area contributed by atoms with E-state index in [1.54, 1.807) is 4.90 Å². The maximum Gasteiger partial charge on any atom is 0.410 e. The van der Waals surface area contributed by atoms with Gasteiger partial charge in [-0.3, -0.25) is 0 Å². The Balaban J connectivity index is 1.84. The van der Waals surface area contributed by atoms with Crippen molar-refractivity contribution in [3.8, 4) is 17.6 Å². The van der Waals surface area contributed by atoms with Gasteiger partial charge in [-0.05, 0) is 18.2 Å². The van der Waals surface area contributed by atoms with E-state index in [-0.39, 0.29) is 6.09 Å². The fraction of sp³-hybridized carbons (Fsp3) is 0.357. The standard InChI is InChI=1S/C14H16N2O3/c15-6-2-4-12-3-1-5-13(11-12)18-9-7-16-8-10-19-14(16)17/h1,3,5,11H,6-10,15H2. The van der Waals surface area contributed by atoms with Gasteiger partial charge in [0.2, 0.25) is 0 Å². The Morgan fingerprint density at radius 1 is 1.47 bits per heavy atom. The Morgan fingerprint density at radius 2 is 2.37 bits per heavy atom. The highest BCUT2D eigenvalue weighted by Gasteiger charge is 2.21. The highest BCUT2D eigenvalue weighted by molar-refractivity contribution is 5.69. The van der Waals surface area contributed by atoms with Gasteiger partial charge in [0.25, 0.3) is 0 Å². The minimum atomic E-state index is -0.272. The summed E-state index contributed by atoms with van der Waals surface area (Å²) >= 11 is 0. The number of hydrogen-bond acceptors (Lipinski definition) is 4. The summed E-state index contributed by atoms with van der Waals surface area (Å²) in [6.07, 6.45) is -0.272. The van der Waals surface area contributed by atoms with Crippen LogP contribution in [0.4, 0.5) is 4.79 Å². The maximum atomic E-state index is 11.2. The lowest BCUT2D eigenvalue weighted by molar-refractivity contribution is 0.153. The molecule has 0 aliphatic carbocycles. The zero-order chi connectivity index (χ0) is 13.5. The van der Waals surface area contributed by atoms with Gasteiger partial charge in [-0.1, -0.05) is 17.9 Å². The molecule has 19 heavy (non-hydrogen) atoms. The van der Waals surface area contributed by atoms with Crippen LogP contribution in [0.25, 0.3) is 0 Å². The van der Waals surface area contributed by atoms with Gasteiger partial charge in [-0.15, -0.1) is 0 Å². The fourth-order valence-corrected chi connectivity index (χ4v) is 1.72. The van der Waals surface area contributed by atoms with Crippen molar-refractivity contribution >= 4 is 6.09 Å². The number of nitrogens with two attached hydrogens (primary N) is 1. The Hall–Kier alpha value is -2.19. The lowest BCUT2D eigenvalue weighted by atomic mass is 10.2. The van der Waals surface area contributed by atoms with Crippen LogP contribution in [-0.2, 0) is 4.74 Å². The quantitative estimate of drug-likeness (QED) is 0.814. The van der Waals surface area contributed by atoms with Crippen molar-refractivity contribution in [3.05, 3.63) is 29.8 Å². The number of cyclic esters (lactones) is 1. The van der Waals surface area contributed by atoms with Crippen molar-refractivity contribution in [2.24, 2.45) is 5.73 Å². The Labute approximate surface area is 112 Å². The number of carbonyl (C=O) groups is 1. The predicted molar refractivity (Wildman–Crippen MR) is 70.8 cm³/mol. The first-order chi connectivity index (χ1) is 9.29. The van der Waals surface area contributed by atoms with Gasteiger partial charge in [0, 0.05) is 5.56 Å². The molecule has 2 N–H and O–H groups in total. The van der Waals surface area contributed by atoms with Crippen molar-refractivity contribution in [1.29, 1.82) is 0 Å². The average Bonchev–Trinajstić information content (AvgIpc) is 2.83. The van der Waals surface area contributed by atoms with Crippen LogP contribution < -0.4 is 10.5 Å². The SMILES string of the molecule is NCC#Cc1cccc(OCCN2CCOC2=O)c1. The van der Waals surface area contributed by atoms with Crippen LogP contribution in [0.3, 0.4) is 0 Å². The van der Waals surface area contributed by atoms with Gasteiger partial charge in [-0.2, -0.15) is 0 Å². The first-order valence-electron chi connectivity index (χ1n) is 6.13. The molecule has 0 unspecified atom stereocenters. The molecule has 1 amide bonds. The van der Waals surface area contributed by atoms with Gasteiger partial charge in [0.15, 0.2) is 0 Å². The van der Waals surface area contributed by atoms with E-state index in [1.807, 2.05) is 24.3 Å². The third kappa shape index (κ3) is 3.90. The van der Waals surface area contributed by atoms with Crippen LogP contribution in [-0.4, -0.2) is 43.8 Å². The number of ether oxygens (including phenoxy) is 2. The predicted octanol–water partition coefficient (Wildman–Crippen LogP) is 0.828. The average molecular weight is 260 g/mol. The van der Waals surface area contributed by atoms with Gasteiger partial charge >= 0.3 is 6.09 Å². The summed E-state index contributed by atoms with van der Waals surface area (Å²) in [4.78, 5) is 12.8. The second-order valence-electron chi connectivity index (χ2n) is 3.98. The topological polar surface area (TPSA) is 64.8 Å². The van der Waals surface area contributed by atoms with E-state index in [2.05, 4.69) is 11.8 Å². The number of carbonyl (C=O) groups excluding carboxylic acids is 1. The van der Waals surface area contributed by atoms with Crippen LogP contribution in [0.1, 0.15) is 5.56 Å². The molecule has 2 rings (SSSR count). The van der Waals surface area contributed by atoms with Gasteiger partial charge in [0.1, 0.15) is 19.0 Å². The summed E-state index contributed by atoms with van der Waals surface area (Å²) in [6.45, 7) is 2.38. The largest absolute Gasteiger partial charge is 0.492 e. The third-order valence-electron chi connectivity index (χ3n) is 2.64. The van der Waals surface area contributed by atoms with E-state index in [0.717, 1.165) is 11.3 Å². The molecule has 0 aromatic heterocycles. The summed E-state index contributed by atoms with van der Waals surface area (Å²) in [7, 11) is 0. The molecular formula is C14H16N2O3. The van der Waals surface area contributed by atoms with Crippen LogP contribution in [0, 0.1) is 11.8 Å². The van der Waals surface area contributed by atoms with Crippen LogP contribution in [0.5, 0.6) is 5.75 Å². The molecule has 1 aromatic rings. The molecule has 0 spiro atoms. The van der Waals surface area contributed by atoms with E-state index in [0.29, 0.717) is 32.8 Å². The molecule has 0 saturated carbocycles. The van der Waals surface area contributed by atoms with Crippen LogP contribution in [0.2, 0.25) is 0 Å². The van der Waals surface area contributed by atoms with Crippen LogP contribution >= 0.6 is 0 Å². The molecule has 0 bridgehead atoms. The molecule has 1 aromatic carbocycles. The van der Waals surface area contributed by atoms with E-state index >= 15 is 0 Å². The third-order valence-corrected chi connectivity index (χ3v) is 2.64. The fourth-order valence-electron chi connectivity index (χ4n) is 1.72.